The van der Waals surface area contributed by atoms with Gasteiger partial charge in [-0.25, -0.2) is 0 Å². The summed E-state index contributed by atoms with van der Waals surface area (Å²) in [4.78, 5) is 10.5. The molecule has 7 nitrogen and oxygen atoms in total. The molecule has 0 bridgehead atoms. The Hall–Kier alpha value is -3.09. The summed E-state index contributed by atoms with van der Waals surface area (Å²) >= 11 is 0. The predicted octanol–water partition coefficient (Wildman–Crippen LogP) is 3.64. The summed E-state index contributed by atoms with van der Waals surface area (Å²) in [5, 5.41) is 15.2. The molecule has 0 amide bonds. The van der Waals surface area contributed by atoms with E-state index in [1.54, 1.807) is 32.4 Å². The molecule has 7 heteroatoms. The van der Waals surface area contributed by atoms with Gasteiger partial charge >= 0.3 is 0 Å². The minimum Gasteiger partial charge on any atom is -0.493 e. The minimum atomic E-state index is -0.443. The number of nitrogens with one attached hydrogen (secondary N) is 1. The lowest BCUT2D eigenvalue weighted by atomic mass is 10.1. The van der Waals surface area contributed by atoms with Gasteiger partial charge < -0.3 is 9.47 Å². The molecule has 0 fully saturated rings. The third-order valence-electron chi connectivity index (χ3n) is 3.38. The number of benzene rings is 2. The second-order valence-corrected chi connectivity index (χ2v) is 5.10. The highest BCUT2D eigenvalue weighted by Crippen LogP contribution is 2.28. The number of hydrogen-bond acceptors (Lipinski definition) is 6. The Labute approximate surface area is 140 Å². The second-order valence-electron chi connectivity index (χ2n) is 5.10. The topological polar surface area (TPSA) is 86.0 Å². The van der Waals surface area contributed by atoms with Crippen LogP contribution in [0.15, 0.2) is 47.6 Å². The summed E-state index contributed by atoms with van der Waals surface area (Å²) in [5.41, 5.74) is 4.87. The molecule has 0 saturated heterocycles. The van der Waals surface area contributed by atoms with Crippen LogP contribution in [0.3, 0.4) is 0 Å². The van der Waals surface area contributed by atoms with Gasteiger partial charge in [-0.15, -0.1) is 0 Å². The monoisotopic (exact) mass is 329 g/mol. The molecule has 0 atom stereocenters. The van der Waals surface area contributed by atoms with Crippen LogP contribution in [0, 0.1) is 10.1 Å². The molecule has 0 aliphatic carbocycles. The molecular formula is C17H19N3O4. The van der Waals surface area contributed by atoms with Crippen molar-refractivity contribution in [3.05, 3.63) is 58.1 Å². The van der Waals surface area contributed by atoms with Crippen LogP contribution < -0.4 is 14.9 Å². The van der Waals surface area contributed by atoms with Gasteiger partial charge in [0.15, 0.2) is 11.5 Å². The van der Waals surface area contributed by atoms with E-state index in [1.165, 1.54) is 6.07 Å². The highest BCUT2D eigenvalue weighted by atomic mass is 16.6. The number of nitro benzene ring substituents is 1. The fraction of sp³-hybridized carbons (Fsp3) is 0.235. The number of methoxy groups -OCH3 is 2. The lowest BCUT2D eigenvalue weighted by molar-refractivity contribution is -0.384. The van der Waals surface area contributed by atoms with Gasteiger partial charge in [0.2, 0.25) is 0 Å². The molecule has 2 aromatic carbocycles. The maximum atomic E-state index is 11.0. The number of para-hydroxylation sites is 2. The van der Waals surface area contributed by atoms with Crippen LogP contribution in [0.2, 0.25) is 0 Å². The standard InChI is InChI=1S/C17H19N3O4/c1-12(10-13-8-9-16(23-2)17(11-13)24-3)18-19-14-6-4-5-7-15(14)20(21)22/h4-9,11,19H,10H2,1-3H3/b18-12-. The second kappa shape index (κ2) is 7.96. The Bertz CT molecular complexity index is 759. The van der Waals surface area contributed by atoms with Crippen LogP contribution in [-0.4, -0.2) is 24.9 Å². The van der Waals surface area contributed by atoms with Crippen molar-refractivity contribution in [3.8, 4) is 11.5 Å². The van der Waals surface area contributed by atoms with Gasteiger partial charge in [0.1, 0.15) is 5.69 Å². The number of nitrogens with zero attached hydrogens (tertiary/aromatic N) is 2. The van der Waals surface area contributed by atoms with Gasteiger partial charge in [-0.05, 0) is 30.7 Å². The first-order chi connectivity index (χ1) is 11.5. The van der Waals surface area contributed by atoms with E-state index in [4.69, 9.17) is 9.47 Å². The average Bonchev–Trinajstić information content (AvgIpc) is 2.60. The molecule has 2 rings (SSSR count). The Kier molecular flexibility index (Phi) is 5.73. The van der Waals surface area contributed by atoms with Crippen molar-refractivity contribution >= 4 is 17.1 Å². The summed E-state index contributed by atoms with van der Waals surface area (Å²) in [6.45, 7) is 1.85. The van der Waals surface area contributed by atoms with Gasteiger partial charge in [0, 0.05) is 18.2 Å². The number of rotatable bonds is 7. The maximum Gasteiger partial charge on any atom is 0.294 e. The van der Waals surface area contributed by atoms with E-state index < -0.39 is 4.92 Å². The fourth-order valence-corrected chi connectivity index (χ4v) is 2.21. The van der Waals surface area contributed by atoms with E-state index in [9.17, 15) is 10.1 Å². The van der Waals surface area contributed by atoms with Crippen molar-refractivity contribution in [2.75, 3.05) is 19.6 Å². The van der Waals surface area contributed by atoms with Crippen LogP contribution >= 0.6 is 0 Å². The van der Waals surface area contributed by atoms with Crippen molar-refractivity contribution in [1.82, 2.24) is 0 Å². The van der Waals surface area contributed by atoms with E-state index in [2.05, 4.69) is 10.5 Å². The fourth-order valence-electron chi connectivity index (χ4n) is 2.21. The zero-order valence-electron chi connectivity index (χ0n) is 13.8. The highest BCUT2D eigenvalue weighted by Gasteiger charge is 2.11. The Morgan fingerprint density at radius 1 is 1.17 bits per heavy atom. The van der Waals surface area contributed by atoms with E-state index in [0.717, 1.165) is 11.3 Å². The Morgan fingerprint density at radius 3 is 2.54 bits per heavy atom. The lowest BCUT2D eigenvalue weighted by Crippen LogP contribution is -2.03. The van der Waals surface area contributed by atoms with E-state index >= 15 is 0 Å². The molecular weight excluding hydrogens is 310 g/mol. The van der Waals surface area contributed by atoms with Gasteiger partial charge in [0.25, 0.3) is 5.69 Å². The maximum absolute atomic E-state index is 11.0. The normalized spacial score (nSPS) is 11.0. The van der Waals surface area contributed by atoms with Crippen molar-refractivity contribution < 1.29 is 14.4 Å². The predicted molar refractivity (Wildman–Crippen MR) is 93.1 cm³/mol. The van der Waals surface area contributed by atoms with Crippen LogP contribution in [0.1, 0.15) is 12.5 Å². The molecule has 0 saturated carbocycles. The molecule has 0 aromatic heterocycles. The first-order valence-electron chi connectivity index (χ1n) is 7.28. The summed E-state index contributed by atoms with van der Waals surface area (Å²) in [6, 6.07) is 12.0. The average molecular weight is 329 g/mol. The molecule has 0 heterocycles. The molecule has 0 aliphatic rings. The van der Waals surface area contributed by atoms with Crippen LogP contribution in [0.4, 0.5) is 11.4 Å². The quantitative estimate of drug-likeness (QED) is 0.476. The third-order valence-corrected chi connectivity index (χ3v) is 3.38. The summed E-state index contributed by atoms with van der Waals surface area (Å²) in [5.74, 6) is 1.31. The lowest BCUT2D eigenvalue weighted by Gasteiger charge is -2.09. The number of ether oxygens (including phenoxy) is 2. The number of hydrazone groups is 1. The van der Waals surface area contributed by atoms with E-state index in [-0.39, 0.29) is 5.69 Å². The Morgan fingerprint density at radius 2 is 1.88 bits per heavy atom. The molecule has 0 radical (unpaired) electrons. The van der Waals surface area contributed by atoms with E-state index in [0.29, 0.717) is 23.6 Å². The summed E-state index contributed by atoms with van der Waals surface area (Å²) < 4.78 is 10.5. The molecule has 2 aromatic rings. The molecule has 24 heavy (non-hydrogen) atoms. The first-order valence-corrected chi connectivity index (χ1v) is 7.28. The molecule has 126 valence electrons. The van der Waals surface area contributed by atoms with Crippen molar-refractivity contribution in [2.24, 2.45) is 5.10 Å². The SMILES string of the molecule is COc1ccc(C/C(C)=N\Nc2ccccc2[N+](=O)[O-])cc1OC. The molecule has 0 spiro atoms. The number of nitro groups is 1. The van der Waals surface area contributed by atoms with Crippen molar-refractivity contribution in [1.29, 1.82) is 0 Å². The van der Waals surface area contributed by atoms with Crippen molar-refractivity contribution in [2.45, 2.75) is 13.3 Å². The minimum absolute atomic E-state index is 0.0137. The highest BCUT2D eigenvalue weighted by molar-refractivity contribution is 5.85. The summed E-state index contributed by atoms with van der Waals surface area (Å²) in [7, 11) is 3.17. The first kappa shape index (κ1) is 17.3. The van der Waals surface area contributed by atoms with Gasteiger partial charge in [-0.2, -0.15) is 5.10 Å². The van der Waals surface area contributed by atoms with E-state index in [1.807, 2.05) is 25.1 Å². The smallest absolute Gasteiger partial charge is 0.294 e. The summed E-state index contributed by atoms with van der Waals surface area (Å²) in [6.07, 6.45) is 0.577. The zero-order valence-corrected chi connectivity index (χ0v) is 13.8. The van der Waals surface area contributed by atoms with Gasteiger partial charge in [0.05, 0.1) is 19.1 Å². The molecule has 0 unspecified atom stereocenters. The van der Waals surface area contributed by atoms with Crippen LogP contribution in [0.5, 0.6) is 11.5 Å². The Balaban J connectivity index is 2.11. The largest absolute Gasteiger partial charge is 0.493 e. The number of anilines is 1. The molecule has 1 N–H and O–H groups in total. The van der Waals surface area contributed by atoms with Crippen LogP contribution in [0.25, 0.3) is 0 Å². The van der Waals surface area contributed by atoms with Gasteiger partial charge in [-0.1, -0.05) is 18.2 Å². The number of hydrogen-bond donors (Lipinski definition) is 1. The van der Waals surface area contributed by atoms with Gasteiger partial charge in [-0.3, -0.25) is 15.5 Å². The van der Waals surface area contributed by atoms with Crippen molar-refractivity contribution in [3.63, 3.8) is 0 Å². The zero-order chi connectivity index (χ0) is 17.5. The third kappa shape index (κ3) is 4.22. The molecule has 0 aliphatic heterocycles. The van der Waals surface area contributed by atoms with Crippen LogP contribution in [-0.2, 0) is 6.42 Å².